The van der Waals surface area contributed by atoms with Gasteiger partial charge in [-0.3, -0.25) is 4.79 Å². The lowest BCUT2D eigenvalue weighted by atomic mass is 9.89. The highest BCUT2D eigenvalue weighted by Gasteiger charge is 2.35. The maximum absolute atomic E-state index is 12.7. The van der Waals surface area contributed by atoms with Crippen molar-refractivity contribution in [3.63, 3.8) is 0 Å². The number of urea groups is 1. The standard InChI is InChI=1S/C17H29N3O2/c21-16-15(8-4-5-11-18-16)19-17(22)20(14-9-10-14)12-13-6-2-1-3-7-13/h13-15H,1-12H2,(H,18,21)(H,19,22)/t15-/m1/s1. The largest absolute Gasteiger partial charge is 0.354 e. The highest BCUT2D eigenvalue weighted by Crippen LogP contribution is 2.31. The molecule has 3 fully saturated rings. The Labute approximate surface area is 133 Å². The fraction of sp³-hybridized carbons (Fsp3) is 0.882. The van der Waals surface area contributed by atoms with Crippen molar-refractivity contribution in [3.8, 4) is 0 Å². The van der Waals surface area contributed by atoms with Crippen molar-refractivity contribution < 1.29 is 9.59 Å². The van der Waals surface area contributed by atoms with Gasteiger partial charge in [-0.05, 0) is 50.9 Å². The molecule has 2 aliphatic carbocycles. The van der Waals surface area contributed by atoms with Crippen molar-refractivity contribution in [3.05, 3.63) is 0 Å². The Kier molecular flexibility index (Phi) is 5.21. The quantitative estimate of drug-likeness (QED) is 0.838. The molecule has 3 rings (SSSR count). The van der Waals surface area contributed by atoms with Gasteiger partial charge >= 0.3 is 6.03 Å². The minimum Gasteiger partial charge on any atom is -0.354 e. The van der Waals surface area contributed by atoms with Gasteiger partial charge in [0.25, 0.3) is 0 Å². The lowest BCUT2D eigenvalue weighted by Gasteiger charge is -2.31. The predicted octanol–water partition coefficient (Wildman–Crippen LogP) is 2.41. The third-order valence-corrected chi connectivity index (χ3v) is 5.26. The summed E-state index contributed by atoms with van der Waals surface area (Å²) < 4.78 is 0. The molecule has 0 aromatic heterocycles. The predicted molar refractivity (Wildman–Crippen MR) is 85.5 cm³/mol. The summed E-state index contributed by atoms with van der Waals surface area (Å²) in [5, 5.41) is 5.89. The Morgan fingerprint density at radius 2 is 1.77 bits per heavy atom. The molecule has 2 saturated carbocycles. The summed E-state index contributed by atoms with van der Waals surface area (Å²) in [4.78, 5) is 26.7. The summed E-state index contributed by atoms with van der Waals surface area (Å²) in [7, 11) is 0. The zero-order valence-electron chi connectivity index (χ0n) is 13.5. The Morgan fingerprint density at radius 3 is 2.50 bits per heavy atom. The molecule has 0 radical (unpaired) electrons. The number of nitrogens with zero attached hydrogens (tertiary/aromatic N) is 1. The van der Waals surface area contributed by atoms with Gasteiger partial charge in [0, 0.05) is 19.1 Å². The summed E-state index contributed by atoms with van der Waals surface area (Å²) in [6.07, 6.45) is 11.5. The third kappa shape index (κ3) is 4.14. The number of hydrogen-bond donors (Lipinski definition) is 2. The molecular weight excluding hydrogens is 278 g/mol. The molecule has 3 amide bonds. The van der Waals surface area contributed by atoms with E-state index in [1.807, 2.05) is 4.90 Å². The van der Waals surface area contributed by atoms with Gasteiger partial charge in [0.2, 0.25) is 5.91 Å². The molecular formula is C17H29N3O2. The Hall–Kier alpha value is -1.26. The number of amides is 3. The van der Waals surface area contributed by atoms with Gasteiger partial charge in [-0.25, -0.2) is 4.79 Å². The summed E-state index contributed by atoms with van der Waals surface area (Å²) in [5.41, 5.74) is 0. The molecule has 5 nitrogen and oxygen atoms in total. The molecule has 0 unspecified atom stereocenters. The van der Waals surface area contributed by atoms with Crippen molar-refractivity contribution in [1.82, 2.24) is 15.5 Å². The smallest absolute Gasteiger partial charge is 0.318 e. The zero-order chi connectivity index (χ0) is 15.4. The van der Waals surface area contributed by atoms with E-state index in [0.717, 1.165) is 45.2 Å². The van der Waals surface area contributed by atoms with Gasteiger partial charge in [0.1, 0.15) is 6.04 Å². The van der Waals surface area contributed by atoms with Crippen molar-refractivity contribution in [1.29, 1.82) is 0 Å². The molecule has 1 heterocycles. The molecule has 1 saturated heterocycles. The number of carbonyl (C=O) groups excluding carboxylic acids is 2. The number of rotatable bonds is 4. The van der Waals surface area contributed by atoms with E-state index in [-0.39, 0.29) is 18.0 Å². The topological polar surface area (TPSA) is 61.4 Å². The van der Waals surface area contributed by atoms with Crippen LogP contribution in [0.4, 0.5) is 4.79 Å². The first-order valence-electron chi connectivity index (χ1n) is 9.09. The average molecular weight is 307 g/mol. The number of hydrogen-bond acceptors (Lipinski definition) is 2. The highest BCUT2D eigenvalue weighted by molar-refractivity contribution is 5.87. The molecule has 124 valence electrons. The van der Waals surface area contributed by atoms with Crippen LogP contribution in [0.25, 0.3) is 0 Å². The van der Waals surface area contributed by atoms with Crippen LogP contribution >= 0.6 is 0 Å². The van der Waals surface area contributed by atoms with Crippen LogP contribution in [-0.2, 0) is 4.79 Å². The van der Waals surface area contributed by atoms with Crippen molar-refractivity contribution >= 4 is 11.9 Å². The molecule has 2 N–H and O–H groups in total. The molecule has 0 aromatic rings. The van der Waals surface area contributed by atoms with Gasteiger partial charge in [-0.15, -0.1) is 0 Å². The van der Waals surface area contributed by atoms with Crippen LogP contribution in [0, 0.1) is 5.92 Å². The van der Waals surface area contributed by atoms with Crippen molar-refractivity contribution in [2.24, 2.45) is 5.92 Å². The monoisotopic (exact) mass is 307 g/mol. The van der Waals surface area contributed by atoms with E-state index in [4.69, 9.17) is 0 Å². The summed E-state index contributed by atoms with van der Waals surface area (Å²) in [6, 6.07) is 0.0495. The zero-order valence-corrected chi connectivity index (χ0v) is 13.5. The van der Waals surface area contributed by atoms with Crippen LogP contribution in [0.3, 0.4) is 0 Å². The normalized spacial score (nSPS) is 26.9. The first kappa shape index (κ1) is 15.6. The van der Waals surface area contributed by atoms with E-state index < -0.39 is 0 Å². The fourth-order valence-electron chi connectivity index (χ4n) is 3.74. The van der Waals surface area contributed by atoms with E-state index in [1.54, 1.807) is 0 Å². The van der Waals surface area contributed by atoms with E-state index in [2.05, 4.69) is 10.6 Å². The van der Waals surface area contributed by atoms with Crippen LogP contribution in [0.5, 0.6) is 0 Å². The molecule has 1 aliphatic heterocycles. The van der Waals surface area contributed by atoms with Gasteiger partial charge in [-0.1, -0.05) is 19.3 Å². The maximum atomic E-state index is 12.7. The maximum Gasteiger partial charge on any atom is 0.318 e. The van der Waals surface area contributed by atoms with Crippen LogP contribution in [0.15, 0.2) is 0 Å². The van der Waals surface area contributed by atoms with Crippen LogP contribution in [0.2, 0.25) is 0 Å². The average Bonchev–Trinajstić information content (AvgIpc) is 3.36. The van der Waals surface area contributed by atoms with Gasteiger partial charge < -0.3 is 15.5 Å². The summed E-state index contributed by atoms with van der Waals surface area (Å²) in [5.74, 6) is 0.641. The molecule has 22 heavy (non-hydrogen) atoms. The lowest BCUT2D eigenvalue weighted by Crippen LogP contribution is -2.52. The molecule has 0 bridgehead atoms. The van der Waals surface area contributed by atoms with E-state index in [0.29, 0.717) is 12.0 Å². The van der Waals surface area contributed by atoms with Crippen LogP contribution < -0.4 is 10.6 Å². The summed E-state index contributed by atoms with van der Waals surface area (Å²) in [6.45, 7) is 1.62. The van der Waals surface area contributed by atoms with Crippen LogP contribution in [-0.4, -0.2) is 42.0 Å². The second-order valence-electron chi connectivity index (χ2n) is 7.18. The highest BCUT2D eigenvalue weighted by atomic mass is 16.2. The van der Waals surface area contributed by atoms with E-state index in [1.165, 1.54) is 32.1 Å². The Morgan fingerprint density at radius 1 is 1.05 bits per heavy atom. The first-order chi connectivity index (χ1) is 10.7. The second-order valence-corrected chi connectivity index (χ2v) is 7.18. The molecule has 1 atom stereocenters. The molecule has 3 aliphatic rings. The van der Waals surface area contributed by atoms with E-state index >= 15 is 0 Å². The fourth-order valence-corrected chi connectivity index (χ4v) is 3.74. The molecule has 0 spiro atoms. The minimum atomic E-state index is -0.345. The Balaban J connectivity index is 1.56. The first-order valence-corrected chi connectivity index (χ1v) is 9.09. The Bertz CT molecular complexity index is 403. The molecule has 0 aromatic carbocycles. The number of carbonyl (C=O) groups is 2. The third-order valence-electron chi connectivity index (χ3n) is 5.26. The van der Waals surface area contributed by atoms with Gasteiger partial charge in [0.15, 0.2) is 0 Å². The second kappa shape index (κ2) is 7.34. The lowest BCUT2D eigenvalue weighted by molar-refractivity contribution is -0.122. The number of nitrogens with one attached hydrogen (secondary N) is 2. The summed E-state index contributed by atoms with van der Waals surface area (Å²) >= 11 is 0. The van der Waals surface area contributed by atoms with E-state index in [9.17, 15) is 9.59 Å². The van der Waals surface area contributed by atoms with Crippen molar-refractivity contribution in [2.45, 2.75) is 76.3 Å². The van der Waals surface area contributed by atoms with Gasteiger partial charge in [-0.2, -0.15) is 0 Å². The SMILES string of the molecule is O=C1NCCCC[C@H]1NC(=O)N(CC1CCCCC1)C1CC1. The van der Waals surface area contributed by atoms with Crippen LogP contribution in [0.1, 0.15) is 64.2 Å². The minimum absolute atomic E-state index is 0.0146. The molecule has 5 heteroatoms. The van der Waals surface area contributed by atoms with Gasteiger partial charge in [0.05, 0.1) is 0 Å². The van der Waals surface area contributed by atoms with Crippen molar-refractivity contribution in [2.75, 3.05) is 13.1 Å².